The summed E-state index contributed by atoms with van der Waals surface area (Å²) in [6.45, 7) is 1.27. The molecule has 1 N–H and O–H groups in total. The van der Waals surface area contributed by atoms with Crippen LogP contribution in [0.25, 0.3) is 11.0 Å². The second kappa shape index (κ2) is 9.59. The lowest BCUT2D eigenvalue weighted by molar-refractivity contribution is -0.131. The van der Waals surface area contributed by atoms with Crippen LogP contribution in [0.4, 0.5) is 5.69 Å². The number of nitrogens with zero attached hydrogens (tertiary/aromatic N) is 1. The smallest absolute Gasteiger partial charge is 0.308 e. The summed E-state index contributed by atoms with van der Waals surface area (Å²) >= 11 is 3.40. The van der Waals surface area contributed by atoms with E-state index in [1.165, 1.54) is 18.9 Å². The third kappa shape index (κ3) is 4.49. The average molecular weight is 562 g/mol. The summed E-state index contributed by atoms with van der Waals surface area (Å²) < 4.78 is 17.1. The molecular formula is C28H20BrNO7. The van der Waals surface area contributed by atoms with E-state index in [0.717, 1.165) is 4.47 Å². The van der Waals surface area contributed by atoms with Crippen LogP contribution in [0.3, 0.4) is 0 Å². The van der Waals surface area contributed by atoms with Gasteiger partial charge in [0, 0.05) is 28.5 Å². The lowest BCUT2D eigenvalue weighted by Gasteiger charge is -2.27. The third-order valence-corrected chi connectivity index (χ3v) is 6.42. The van der Waals surface area contributed by atoms with Crippen molar-refractivity contribution in [3.05, 3.63) is 99.9 Å². The predicted octanol–water partition coefficient (Wildman–Crippen LogP) is 5.91. The number of furan rings is 1. The zero-order valence-electron chi connectivity index (χ0n) is 19.7. The molecular weight excluding hydrogens is 542 g/mol. The normalized spacial score (nSPS) is 15.4. The van der Waals surface area contributed by atoms with E-state index in [1.807, 2.05) is 0 Å². The van der Waals surface area contributed by atoms with Crippen molar-refractivity contribution in [3.63, 3.8) is 0 Å². The second-order valence-corrected chi connectivity index (χ2v) is 9.25. The maximum absolute atomic E-state index is 13.8. The number of aliphatic hydroxyl groups is 1. The van der Waals surface area contributed by atoms with Crippen LogP contribution < -0.4 is 14.4 Å². The number of hydrogen-bond donors (Lipinski definition) is 1. The minimum atomic E-state index is -1.04. The standard InChI is InChI=1S/C28H20BrNO7/c1-15(31)36-21-8-3-5-16(12-21)25-24(26(32)23-13-17-11-18(29)9-10-22(17)37-23)27(33)28(34)30(25)19-6-4-7-20(14-19)35-2/h3-14,25,33H,1-2H3. The SMILES string of the molecule is COc1cccc(N2C(=O)C(O)=C(C(=O)c3cc4cc(Br)ccc4o3)C2c2cccc(OC(C)=O)c2)c1. The lowest BCUT2D eigenvalue weighted by atomic mass is 9.94. The van der Waals surface area contributed by atoms with Gasteiger partial charge in [0.05, 0.1) is 18.7 Å². The number of ether oxygens (including phenoxy) is 2. The number of ketones is 1. The van der Waals surface area contributed by atoms with E-state index in [0.29, 0.717) is 28.0 Å². The highest BCUT2D eigenvalue weighted by molar-refractivity contribution is 9.10. The zero-order valence-corrected chi connectivity index (χ0v) is 21.3. The van der Waals surface area contributed by atoms with Crippen LogP contribution >= 0.6 is 15.9 Å². The average Bonchev–Trinajstić information content (AvgIpc) is 3.41. The van der Waals surface area contributed by atoms with Gasteiger partial charge in [0.25, 0.3) is 5.91 Å². The summed E-state index contributed by atoms with van der Waals surface area (Å²) in [4.78, 5) is 40.1. The van der Waals surface area contributed by atoms with Crippen molar-refractivity contribution in [2.24, 2.45) is 0 Å². The largest absolute Gasteiger partial charge is 0.503 e. The Hall–Kier alpha value is -4.37. The molecule has 1 unspecified atom stereocenters. The van der Waals surface area contributed by atoms with Gasteiger partial charge in [0.1, 0.15) is 17.1 Å². The van der Waals surface area contributed by atoms with E-state index in [2.05, 4.69) is 15.9 Å². The number of esters is 1. The van der Waals surface area contributed by atoms with Gasteiger partial charge in [0.15, 0.2) is 11.5 Å². The first-order valence-electron chi connectivity index (χ1n) is 11.2. The van der Waals surface area contributed by atoms with Crippen molar-refractivity contribution >= 4 is 50.2 Å². The first-order valence-corrected chi connectivity index (χ1v) is 12.0. The van der Waals surface area contributed by atoms with E-state index < -0.39 is 29.5 Å². The number of hydrogen-bond acceptors (Lipinski definition) is 7. The maximum atomic E-state index is 13.8. The van der Waals surface area contributed by atoms with Crippen LogP contribution in [0, 0.1) is 0 Å². The first-order chi connectivity index (χ1) is 17.8. The molecule has 2 heterocycles. The Morgan fingerprint density at radius 2 is 1.76 bits per heavy atom. The van der Waals surface area contributed by atoms with Crippen LogP contribution in [-0.2, 0) is 9.59 Å². The van der Waals surface area contributed by atoms with E-state index in [4.69, 9.17) is 13.9 Å². The number of fused-ring (bicyclic) bond motifs is 1. The van der Waals surface area contributed by atoms with Gasteiger partial charge in [-0.1, -0.05) is 34.1 Å². The molecule has 0 fully saturated rings. The van der Waals surface area contributed by atoms with Gasteiger partial charge in [0.2, 0.25) is 5.78 Å². The highest BCUT2D eigenvalue weighted by atomic mass is 79.9. The van der Waals surface area contributed by atoms with Crippen molar-refractivity contribution in [1.29, 1.82) is 0 Å². The Balaban J connectivity index is 1.66. The molecule has 1 amide bonds. The monoisotopic (exact) mass is 561 g/mol. The molecule has 37 heavy (non-hydrogen) atoms. The molecule has 0 radical (unpaired) electrons. The topological polar surface area (TPSA) is 106 Å². The van der Waals surface area contributed by atoms with E-state index in [9.17, 15) is 19.5 Å². The number of carbonyl (C=O) groups is 3. The molecule has 1 aliphatic rings. The van der Waals surface area contributed by atoms with Crippen molar-refractivity contribution in [1.82, 2.24) is 0 Å². The van der Waals surface area contributed by atoms with E-state index >= 15 is 0 Å². The van der Waals surface area contributed by atoms with Crippen LogP contribution in [0.1, 0.15) is 29.1 Å². The number of rotatable bonds is 6. The lowest BCUT2D eigenvalue weighted by Crippen LogP contribution is -2.31. The number of methoxy groups -OCH3 is 1. The highest BCUT2D eigenvalue weighted by Crippen LogP contribution is 2.43. The van der Waals surface area contributed by atoms with Crippen LogP contribution in [0.5, 0.6) is 11.5 Å². The Morgan fingerprint density at radius 3 is 2.51 bits per heavy atom. The summed E-state index contributed by atoms with van der Waals surface area (Å²) in [6.07, 6.45) is 0. The molecule has 1 atom stereocenters. The van der Waals surface area contributed by atoms with Gasteiger partial charge >= 0.3 is 5.97 Å². The molecule has 0 aliphatic carbocycles. The van der Waals surface area contributed by atoms with Crippen molar-refractivity contribution in [3.8, 4) is 11.5 Å². The van der Waals surface area contributed by atoms with Gasteiger partial charge in [-0.2, -0.15) is 0 Å². The highest BCUT2D eigenvalue weighted by Gasteiger charge is 2.45. The van der Waals surface area contributed by atoms with Gasteiger partial charge < -0.3 is 19.0 Å². The molecule has 4 aromatic rings. The van der Waals surface area contributed by atoms with E-state index in [-0.39, 0.29) is 17.1 Å². The molecule has 0 bridgehead atoms. The third-order valence-electron chi connectivity index (χ3n) is 5.92. The Kier molecular flexibility index (Phi) is 6.31. The van der Waals surface area contributed by atoms with E-state index in [1.54, 1.807) is 72.8 Å². The van der Waals surface area contributed by atoms with Crippen LogP contribution in [0.2, 0.25) is 0 Å². The van der Waals surface area contributed by atoms with Gasteiger partial charge in [-0.3, -0.25) is 19.3 Å². The minimum Gasteiger partial charge on any atom is -0.503 e. The Labute approximate surface area is 219 Å². The molecule has 8 nitrogen and oxygen atoms in total. The first kappa shape index (κ1) is 24.3. The fourth-order valence-corrected chi connectivity index (χ4v) is 4.73. The van der Waals surface area contributed by atoms with Crippen molar-refractivity contribution in [2.45, 2.75) is 13.0 Å². The van der Waals surface area contributed by atoms with Crippen molar-refractivity contribution < 1.29 is 33.4 Å². The number of amides is 1. The van der Waals surface area contributed by atoms with Crippen LogP contribution in [0.15, 0.2) is 93.0 Å². The van der Waals surface area contributed by atoms with Gasteiger partial charge in [-0.05, 0) is 54.1 Å². The molecule has 186 valence electrons. The van der Waals surface area contributed by atoms with Crippen LogP contribution in [-0.4, -0.2) is 29.9 Å². The molecule has 9 heteroatoms. The summed E-state index contributed by atoms with van der Waals surface area (Å²) in [5, 5.41) is 11.7. The molecule has 1 aliphatic heterocycles. The summed E-state index contributed by atoms with van der Waals surface area (Å²) in [5.74, 6) is -1.94. The number of benzene rings is 3. The Morgan fingerprint density at radius 1 is 1.00 bits per heavy atom. The van der Waals surface area contributed by atoms with Gasteiger partial charge in [-0.15, -0.1) is 0 Å². The van der Waals surface area contributed by atoms with Crippen molar-refractivity contribution in [2.75, 3.05) is 12.0 Å². The molecule has 5 rings (SSSR count). The molecule has 1 aromatic heterocycles. The molecule has 0 saturated heterocycles. The molecule has 0 saturated carbocycles. The number of Topliss-reactive ketones (excluding diaryl/α,β-unsaturated/α-hetero) is 1. The summed E-state index contributed by atoms with van der Waals surface area (Å²) in [6, 6.07) is 19.0. The van der Waals surface area contributed by atoms with Gasteiger partial charge in [-0.25, -0.2) is 0 Å². The predicted molar refractivity (Wildman–Crippen MR) is 139 cm³/mol. The minimum absolute atomic E-state index is 0.0314. The maximum Gasteiger partial charge on any atom is 0.308 e. The molecule has 3 aromatic carbocycles. The quantitative estimate of drug-likeness (QED) is 0.177. The zero-order chi connectivity index (χ0) is 26.3. The fourth-order valence-electron chi connectivity index (χ4n) is 4.35. The fraction of sp³-hybridized carbons (Fsp3) is 0.107. The molecule has 0 spiro atoms. The summed E-state index contributed by atoms with van der Waals surface area (Å²) in [7, 11) is 1.50. The number of carbonyl (C=O) groups excluding carboxylic acids is 3. The number of anilines is 1. The number of aliphatic hydroxyl groups excluding tert-OH is 1. The summed E-state index contributed by atoms with van der Waals surface area (Å²) in [5.41, 5.74) is 1.16. The second-order valence-electron chi connectivity index (χ2n) is 8.33. The number of halogens is 1. The Bertz CT molecular complexity index is 1600.